The van der Waals surface area contributed by atoms with E-state index in [-0.39, 0.29) is 5.41 Å². The fourth-order valence-electron chi connectivity index (χ4n) is 8.51. The predicted molar refractivity (Wildman–Crippen MR) is 244 cm³/mol. The summed E-state index contributed by atoms with van der Waals surface area (Å²) in [6, 6.07) is 70.6. The number of nitrogens with zero attached hydrogens (tertiary/aromatic N) is 3. The average Bonchev–Trinajstić information content (AvgIpc) is 3.54. The zero-order valence-corrected chi connectivity index (χ0v) is 32.9. The molecule has 3 nitrogen and oxygen atoms in total. The lowest BCUT2D eigenvalue weighted by molar-refractivity contribution is 0.661. The van der Waals surface area contributed by atoms with Crippen LogP contribution in [0.15, 0.2) is 200 Å². The van der Waals surface area contributed by atoms with Crippen LogP contribution in [0.1, 0.15) is 25.0 Å². The Balaban J connectivity index is 1.02. The minimum Gasteiger partial charge on any atom is -0.238 e. The largest absolute Gasteiger partial charge is 0.238 e. The number of rotatable bonds is 7. The van der Waals surface area contributed by atoms with Crippen LogP contribution in [-0.2, 0) is 5.41 Å². The molecule has 3 heteroatoms. The lowest BCUT2D eigenvalue weighted by Crippen LogP contribution is -2.14. The molecule has 1 aromatic heterocycles. The second kappa shape index (κ2) is 14.7. The van der Waals surface area contributed by atoms with Gasteiger partial charge in [0.15, 0.2) is 11.5 Å². The molecule has 0 aliphatic heterocycles. The summed E-state index contributed by atoms with van der Waals surface area (Å²) < 4.78 is 0. The van der Waals surface area contributed by atoms with Crippen molar-refractivity contribution >= 4 is 5.69 Å². The summed E-state index contributed by atoms with van der Waals surface area (Å²) in [5.41, 5.74) is 19.5. The van der Waals surface area contributed by atoms with Gasteiger partial charge in [0.05, 0.1) is 18.0 Å². The normalized spacial score (nSPS) is 12.4. The number of hydrogen-bond acceptors (Lipinski definition) is 2. The first-order valence-corrected chi connectivity index (χ1v) is 20.0. The van der Waals surface area contributed by atoms with Gasteiger partial charge in [-0.25, -0.2) is 14.8 Å². The Kier molecular flexibility index (Phi) is 8.89. The molecule has 0 fully saturated rings. The molecule has 278 valence electrons. The molecule has 0 spiro atoms. The third kappa shape index (κ3) is 6.71. The van der Waals surface area contributed by atoms with Gasteiger partial charge in [0.25, 0.3) is 0 Å². The molecule has 0 amide bonds. The van der Waals surface area contributed by atoms with E-state index in [9.17, 15) is 0 Å². The van der Waals surface area contributed by atoms with Gasteiger partial charge in [-0.05, 0) is 91.0 Å². The second-order valence-electron chi connectivity index (χ2n) is 15.7. The predicted octanol–water partition coefficient (Wildman–Crippen LogP) is 15.0. The minimum atomic E-state index is -0.163. The molecule has 0 saturated heterocycles. The van der Waals surface area contributed by atoms with Crippen LogP contribution in [0.3, 0.4) is 0 Å². The van der Waals surface area contributed by atoms with Crippen LogP contribution >= 0.6 is 0 Å². The van der Waals surface area contributed by atoms with Crippen LogP contribution in [0.25, 0.3) is 94.4 Å². The van der Waals surface area contributed by atoms with Crippen molar-refractivity contribution < 1.29 is 0 Å². The Morgan fingerprint density at radius 2 is 0.814 bits per heavy atom. The topological polar surface area (TPSA) is 30.1 Å². The summed E-state index contributed by atoms with van der Waals surface area (Å²) in [7, 11) is 0. The first kappa shape index (κ1) is 35.7. The highest BCUT2D eigenvalue weighted by atomic mass is 14.9. The van der Waals surface area contributed by atoms with Crippen LogP contribution < -0.4 is 0 Å². The van der Waals surface area contributed by atoms with Crippen LogP contribution in [0.2, 0.25) is 0 Å². The number of benzene rings is 8. The molecule has 0 saturated carbocycles. The molecule has 1 aliphatic rings. The first-order chi connectivity index (χ1) is 28.9. The summed E-state index contributed by atoms with van der Waals surface area (Å²) in [6.07, 6.45) is 0. The Morgan fingerprint density at radius 3 is 1.41 bits per heavy atom. The highest BCUT2D eigenvalue weighted by molar-refractivity contribution is 5.87. The zero-order chi connectivity index (χ0) is 39.9. The van der Waals surface area contributed by atoms with Crippen molar-refractivity contribution in [2.75, 3.05) is 0 Å². The summed E-state index contributed by atoms with van der Waals surface area (Å²) in [5, 5.41) is 0. The highest BCUT2D eigenvalue weighted by Gasteiger charge is 2.35. The molecule has 1 heterocycles. The third-order valence-corrected chi connectivity index (χ3v) is 11.7. The van der Waals surface area contributed by atoms with Gasteiger partial charge < -0.3 is 0 Å². The van der Waals surface area contributed by atoms with E-state index in [4.69, 9.17) is 16.5 Å². The highest BCUT2D eigenvalue weighted by Crippen LogP contribution is 2.50. The third-order valence-electron chi connectivity index (χ3n) is 11.7. The fourth-order valence-corrected chi connectivity index (χ4v) is 8.51. The molecule has 8 aromatic carbocycles. The van der Waals surface area contributed by atoms with Crippen molar-refractivity contribution in [1.29, 1.82) is 0 Å². The Morgan fingerprint density at radius 1 is 0.356 bits per heavy atom. The van der Waals surface area contributed by atoms with E-state index in [1.165, 1.54) is 44.5 Å². The van der Waals surface area contributed by atoms with Crippen molar-refractivity contribution in [3.8, 4) is 89.5 Å². The van der Waals surface area contributed by atoms with Crippen LogP contribution in [0.4, 0.5) is 5.69 Å². The van der Waals surface area contributed by atoms with Crippen LogP contribution in [0, 0.1) is 6.57 Å². The van der Waals surface area contributed by atoms with Gasteiger partial charge >= 0.3 is 0 Å². The van der Waals surface area contributed by atoms with Crippen molar-refractivity contribution in [1.82, 2.24) is 9.97 Å². The SMILES string of the molecule is [C-]#[N+]c1ccc2c(c1)C(C)(C)c1ccc(-c3cccc(-c4cccc(-c5cc(-c6ccc(-c7ccccc7)cc6)nc(-c6ccc(-c7ccccc7)cc6)n5)c4)c3)cc1-2. The molecule has 0 radical (unpaired) electrons. The number of fused-ring (bicyclic) bond motifs is 3. The molecule has 0 bridgehead atoms. The van der Waals surface area contributed by atoms with Gasteiger partial charge in [0.2, 0.25) is 0 Å². The summed E-state index contributed by atoms with van der Waals surface area (Å²) in [4.78, 5) is 14.1. The molecule has 0 N–H and O–H groups in total. The van der Waals surface area contributed by atoms with E-state index in [0.717, 1.165) is 50.3 Å². The maximum atomic E-state index is 7.57. The van der Waals surface area contributed by atoms with Gasteiger partial charge in [-0.2, -0.15) is 0 Å². The lowest BCUT2D eigenvalue weighted by atomic mass is 9.82. The van der Waals surface area contributed by atoms with E-state index < -0.39 is 0 Å². The number of hydrogen-bond donors (Lipinski definition) is 0. The molecule has 10 rings (SSSR count). The Bertz CT molecular complexity index is 2950. The van der Waals surface area contributed by atoms with E-state index in [2.05, 4.69) is 201 Å². The summed E-state index contributed by atoms with van der Waals surface area (Å²) in [5.74, 6) is 0.684. The smallest absolute Gasteiger partial charge is 0.187 e. The molecule has 1 aliphatic carbocycles. The van der Waals surface area contributed by atoms with Gasteiger partial charge in [-0.15, -0.1) is 0 Å². The molecule has 0 atom stereocenters. The lowest BCUT2D eigenvalue weighted by Gasteiger charge is -2.21. The molecule has 9 aromatic rings. The quantitative estimate of drug-likeness (QED) is 0.152. The maximum absolute atomic E-state index is 7.57. The van der Waals surface area contributed by atoms with Crippen molar-refractivity contribution in [3.63, 3.8) is 0 Å². The van der Waals surface area contributed by atoms with Crippen LogP contribution in [-0.4, -0.2) is 9.97 Å². The standard InChI is InChI=1S/C56H39N3/c1-56(2)51-31-28-46(34-50(51)49-30-29-48(57-3)35-52(49)56)44-17-10-16-43(32-44)45-18-11-19-47(33-45)54-36-53(41-24-20-39(21-25-41)37-12-6-4-7-13-37)58-55(59-54)42-26-22-40(23-27-42)38-14-8-5-9-15-38/h4-36H,1-2H3. The van der Waals surface area contributed by atoms with Crippen LogP contribution in [0.5, 0.6) is 0 Å². The van der Waals surface area contributed by atoms with Gasteiger partial charge in [-0.3, -0.25) is 0 Å². The molecule has 59 heavy (non-hydrogen) atoms. The molecular weight excluding hydrogens is 715 g/mol. The van der Waals surface area contributed by atoms with Gasteiger partial charge in [0, 0.05) is 22.1 Å². The zero-order valence-electron chi connectivity index (χ0n) is 32.9. The van der Waals surface area contributed by atoms with E-state index in [1.807, 2.05) is 18.2 Å². The van der Waals surface area contributed by atoms with E-state index >= 15 is 0 Å². The fraction of sp³-hybridized carbons (Fsp3) is 0.0536. The average molecular weight is 754 g/mol. The molecule has 0 unspecified atom stereocenters. The second-order valence-corrected chi connectivity index (χ2v) is 15.7. The van der Waals surface area contributed by atoms with Crippen molar-refractivity contribution in [3.05, 3.63) is 223 Å². The summed E-state index contributed by atoms with van der Waals surface area (Å²) in [6.45, 7) is 12.1. The van der Waals surface area contributed by atoms with E-state index in [1.54, 1.807) is 0 Å². The van der Waals surface area contributed by atoms with Crippen molar-refractivity contribution in [2.24, 2.45) is 0 Å². The Hall–Kier alpha value is -7.67. The number of aromatic nitrogens is 2. The Labute approximate surface area is 345 Å². The molecular formula is C56H39N3. The van der Waals surface area contributed by atoms with Gasteiger partial charge in [0.1, 0.15) is 0 Å². The first-order valence-electron chi connectivity index (χ1n) is 20.0. The van der Waals surface area contributed by atoms with E-state index in [0.29, 0.717) is 11.5 Å². The minimum absolute atomic E-state index is 0.163. The monoisotopic (exact) mass is 753 g/mol. The maximum Gasteiger partial charge on any atom is 0.187 e. The van der Waals surface area contributed by atoms with Crippen molar-refractivity contribution in [2.45, 2.75) is 19.3 Å². The summed E-state index contributed by atoms with van der Waals surface area (Å²) >= 11 is 0. The van der Waals surface area contributed by atoms with Gasteiger partial charge in [-0.1, -0.05) is 190 Å².